The van der Waals surface area contributed by atoms with E-state index in [0.29, 0.717) is 18.7 Å². The molecule has 6 heteroatoms. The molecule has 0 fully saturated rings. The molecule has 26 heavy (non-hydrogen) atoms. The van der Waals surface area contributed by atoms with Gasteiger partial charge in [0.1, 0.15) is 6.04 Å². The number of carbonyl (C=O) groups is 2. The van der Waals surface area contributed by atoms with Crippen molar-refractivity contribution in [3.63, 3.8) is 0 Å². The molecule has 0 radical (unpaired) electrons. The molecule has 3 N–H and O–H groups in total. The Balaban J connectivity index is 0.00000338. The molecule has 0 spiro atoms. The van der Waals surface area contributed by atoms with Crippen molar-refractivity contribution in [2.75, 3.05) is 11.9 Å². The van der Waals surface area contributed by atoms with Crippen LogP contribution < -0.4 is 11.1 Å². The molecule has 2 amide bonds. The lowest BCUT2D eigenvalue weighted by molar-refractivity contribution is -0.120. The molecule has 1 unspecified atom stereocenters. The van der Waals surface area contributed by atoms with Crippen LogP contribution in [0.1, 0.15) is 36.2 Å². The fraction of sp³-hybridized carbons (Fsp3) is 0.300. The van der Waals surface area contributed by atoms with Gasteiger partial charge in [-0.15, -0.1) is 12.4 Å². The van der Waals surface area contributed by atoms with Crippen LogP contribution in [0.3, 0.4) is 0 Å². The summed E-state index contributed by atoms with van der Waals surface area (Å²) in [6.45, 7) is 4.68. The molecule has 140 valence electrons. The number of nitrogens with two attached hydrogens (primary N) is 1. The Bertz CT molecular complexity index is 705. The van der Waals surface area contributed by atoms with E-state index in [4.69, 9.17) is 5.73 Å². The largest absolute Gasteiger partial charge is 0.327 e. The maximum absolute atomic E-state index is 12.8. The first kappa shape index (κ1) is 21.7. The quantitative estimate of drug-likeness (QED) is 0.778. The van der Waals surface area contributed by atoms with Crippen LogP contribution in [0.4, 0.5) is 5.69 Å². The van der Waals surface area contributed by atoms with Gasteiger partial charge < -0.3 is 16.0 Å². The standard InChI is InChI=1S/C20H25N3O2.ClH/c1-3-13-23(20(25)17-11-9-16(14-21)10-12-17)15(2)19(24)22-18-7-5-4-6-8-18;/h4-12,15H,3,13-14,21H2,1-2H3,(H,22,24);1H. The number of rotatable bonds is 7. The minimum Gasteiger partial charge on any atom is -0.327 e. The van der Waals surface area contributed by atoms with E-state index in [0.717, 1.165) is 17.7 Å². The predicted molar refractivity (Wildman–Crippen MR) is 107 cm³/mol. The molecule has 5 nitrogen and oxygen atoms in total. The zero-order chi connectivity index (χ0) is 18.2. The smallest absolute Gasteiger partial charge is 0.254 e. The Labute approximate surface area is 161 Å². The lowest BCUT2D eigenvalue weighted by atomic mass is 10.1. The molecular formula is C20H26ClN3O2. The third kappa shape index (κ3) is 5.58. The maximum Gasteiger partial charge on any atom is 0.254 e. The summed E-state index contributed by atoms with van der Waals surface area (Å²) >= 11 is 0. The molecule has 0 bridgehead atoms. The van der Waals surface area contributed by atoms with Crippen molar-refractivity contribution in [2.45, 2.75) is 32.9 Å². The summed E-state index contributed by atoms with van der Waals surface area (Å²) in [5.74, 6) is -0.354. The molecule has 0 heterocycles. The molecule has 0 saturated heterocycles. The zero-order valence-electron chi connectivity index (χ0n) is 15.1. The monoisotopic (exact) mass is 375 g/mol. The number of carbonyl (C=O) groups excluding carboxylic acids is 2. The Morgan fingerprint density at radius 1 is 1.08 bits per heavy atom. The molecule has 0 aliphatic heterocycles. The van der Waals surface area contributed by atoms with E-state index in [1.54, 1.807) is 24.0 Å². The Morgan fingerprint density at radius 2 is 1.69 bits per heavy atom. The zero-order valence-corrected chi connectivity index (χ0v) is 16.0. The number of hydrogen-bond donors (Lipinski definition) is 2. The number of hydrogen-bond acceptors (Lipinski definition) is 3. The van der Waals surface area contributed by atoms with Crippen molar-refractivity contribution in [1.82, 2.24) is 4.90 Å². The van der Waals surface area contributed by atoms with Crippen LogP contribution in [0.5, 0.6) is 0 Å². The predicted octanol–water partition coefficient (Wildman–Crippen LogP) is 3.45. The van der Waals surface area contributed by atoms with Gasteiger partial charge in [0.05, 0.1) is 0 Å². The van der Waals surface area contributed by atoms with Crippen LogP contribution in [0, 0.1) is 0 Å². The van der Waals surface area contributed by atoms with Crippen LogP contribution in [-0.4, -0.2) is 29.3 Å². The first-order valence-corrected chi connectivity index (χ1v) is 8.52. The fourth-order valence-corrected chi connectivity index (χ4v) is 2.57. The topological polar surface area (TPSA) is 75.4 Å². The van der Waals surface area contributed by atoms with Crippen LogP contribution in [-0.2, 0) is 11.3 Å². The second kappa shape index (κ2) is 10.6. The summed E-state index contributed by atoms with van der Waals surface area (Å²) in [6.07, 6.45) is 0.773. The van der Waals surface area contributed by atoms with Crippen molar-refractivity contribution in [2.24, 2.45) is 5.73 Å². The summed E-state index contributed by atoms with van der Waals surface area (Å²) in [7, 11) is 0. The normalized spacial score (nSPS) is 11.2. The van der Waals surface area contributed by atoms with Gasteiger partial charge in [0, 0.05) is 24.3 Å². The van der Waals surface area contributed by atoms with Gasteiger partial charge in [-0.05, 0) is 43.2 Å². The summed E-state index contributed by atoms with van der Waals surface area (Å²) in [4.78, 5) is 27.0. The molecule has 2 aromatic rings. The van der Waals surface area contributed by atoms with Crippen molar-refractivity contribution in [3.05, 3.63) is 65.7 Å². The van der Waals surface area contributed by atoms with Crippen molar-refractivity contribution >= 4 is 29.9 Å². The Morgan fingerprint density at radius 3 is 2.23 bits per heavy atom. The van der Waals surface area contributed by atoms with Crippen molar-refractivity contribution in [3.8, 4) is 0 Å². The van der Waals surface area contributed by atoms with Gasteiger partial charge in [0.25, 0.3) is 5.91 Å². The number of nitrogens with one attached hydrogen (secondary N) is 1. The molecule has 0 aliphatic rings. The van der Waals surface area contributed by atoms with Crippen LogP contribution >= 0.6 is 12.4 Å². The van der Waals surface area contributed by atoms with E-state index in [9.17, 15) is 9.59 Å². The van der Waals surface area contributed by atoms with E-state index >= 15 is 0 Å². The third-order valence-electron chi connectivity index (χ3n) is 4.05. The highest BCUT2D eigenvalue weighted by Gasteiger charge is 2.26. The molecule has 2 aromatic carbocycles. The Kier molecular flexibility index (Phi) is 8.82. The summed E-state index contributed by atoms with van der Waals surface area (Å²) < 4.78 is 0. The third-order valence-corrected chi connectivity index (χ3v) is 4.05. The summed E-state index contributed by atoms with van der Waals surface area (Å²) in [6, 6.07) is 15.9. The number of benzene rings is 2. The maximum atomic E-state index is 12.8. The van der Waals surface area contributed by atoms with Crippen LogP contribution in [0.25, 0.3) is 0 Å². The lowest BCUT2D eigenvalue weighted by Crippen LogP contribution is -2.46. The molecule has 0 saturated carbocycles. The van der Waals surface area contributed by atoms with E-state index in [1.807, 2.05) is 49.4 Å². The van der Waals surface area contributed by atoms with E-state index in [2.05, 4.69) is 5.32 Å². The Hall–Kier alpha value is -2.37. The van der Waals surface area contributed by atoms with E-state index in [1.165, 1.54) is 0 Å². The van der Waals surface area contributed by atoms with E-state index < -0.39 is 6.04 Å². The molecule has 0 aliphatic carbocycles. The average molecular weight is 376 g/mol. The van der Waals surface area contributed by atoms with Gasteiger partial charge in [0.15, 0.2) is 0 Å². The van der Waals surface area contributed by atoms with Crippen molar-refractivity contribution in [1.29, 1.82) is 0 Å². The number of para-hydroxylation sites is 1. The minimum atomic E-state index is -0.568. The molecular weight excluding hydrogens is 350 g/mol. The van der Waals surface area contributed by atoms with Gasteiger partial charge in [-0.25, -0.2) is 0 Å². The first-order valence-electron chi connectivity index (χ1n) is 8.52. The van der Waals surface area contributed by atoms with Gasteiger partial charge in [-0.2, -0.15) is 0 Å². The number of nitrogens with zero attached hydrogens (tertiary/aromatic N) is 1. The highest BCUT2D eigenvalue weighted by Crippen LogP contribution is 2.13. The molecule has 0 aromatic heterocycles. The highest BCUT2D eigenvalue weighted by atomic mass is 35.5. The van der Waals surface area contributed by atoms with E-state index in [-0.39, 0.29) is 24.2 Å². The summed E-state index contributed by atoms with van der Waals surface area (Å²) in [5.41, 5.74) is 7.84. The van der Waals surface area contributed by atoms with Gasteiger partial charge in [-0.3, -0.25) is 9.59 Å². The van der Waals surface area contributed by atoms with Crippen LogP contribution in [0.15, 0.2) is 54.6 Å². The molecule has 1 atom stereocenters. The van der Waals surface area contributed by atoms with Crippen LogP contribution in [0.2, 0.25) is 0 Å². The number of halogens is 1. The van der Waals surface area contributed by atoms with Gasteiger partial charge in [0.2, 0.25) is 5.91 Å². The van der Waals surface area contributed by atoms with Crippen molar-refractivity contribution < 1.29 is 9.59 Å². The highest BCUT2D eigenvalue weighted by molar-refractivity contribution is 6.01. The number of anilines is 1. The number of amides is 2. The lowest BCUT2D eigenvalue weighted by Gasteiger charge is -2.28. The first-order chi connectivity index (χ1) is 12.1. The SMILES string of the molecule is CCCN(C(=O)c1ccc(CN)cc1)C(C)C(=O)Nc1ccccc1.Cl. The summed E-state index contributed by atoms with van der Waals surface area (Å²) in [5, 5.41) is 2.86. The fourth-order valence-electron chi connectivity index (χ4n) is 2.57. The second-order valence-corrected chi connectivity index (χ2v) is 5.93. The van der Waals surface area contributed by atoms with Gasteiger partial charge >= 0.3 is 0 Å². The second-order valence-electron chi connectivity index (χ2n) is 5.93. The average Bonchev–Trinajstić information content (AvgIpc) is 2.66. The van der Waals surface area contributed by atoms with Gasteiger partial charge in [-0.1, -0.05) is 37.3 Å². The molecule has 2 rings (SSSR count). The minimum absolute atomic E-state index is 0.